The van der Waals surface area contributed by atoms with Crippen LogP contribution in [-0.4, -0.2) is 23.0 Å². The van der Waals surface area contributed by atoms with Crippen molar-refractivity contribution in [1.29, 1.82) is 0 Å². The Bertz CT molecular complexity index is 646. The monoisotopic (exact) mass is 260 g/mol. The average molecular weight is 260 g/mol. The number of non-ortho nitro benzene ring substituents is 1. The third-order valence-corrected chi connectivity index (χ3v) is 2.82. The van der Waals surface area contributed by atoms with Gasteiger partial charge in [-0.2, -0.15) is 0 Å². The number of aromatic amines is 1. The Kier molecular flexibility index (Phi) is 3.33. The molecule has 0 spiro atoms. The number of ether oxygens (including phenoxy) is 1. The number of methoxy groups -OCH3 is 1. The smallest absolute Gasteiger partial charge is 0.354 e. The molecule has 2 rings (SSSR count). The minimum Gasteiger partial charge on any atom is -0.464 e. The first-order valence-electron chi connectivity index (χ1n) is 5.55. The number of H-pyrrole nitrogens is 1. The maximum Gasteiger partial charge on any atom is 0.354 e. The Morgan fingerprint density at radius 1 is 1.37 bits per heavy atom. The van der Waals surface area contributed by atoms with E-state index in [4.69, 9.17) is 0 Å². The van der Waals surface area contributed by atoms with E-state index in [0.717, 1.165) is 16.7 Å². The molecule has 0 aliphatic carbocycles. The number of aryl methyl sites for hydroxylation is 1. The summed E-state index contributed by atoms with van der Waals surface area (Å²) >= 11 is 0. The summed E-state index contributed by atoms with van der Waals surface area (Å²) < 4.78 is 4.61. The largest absolute Gasteiger partial charge is 0.464 e. The zero-order valence-electron chi connectivity index (χ0n) is 10.5. The van der Waals surface area contributed by atoms with E-state index in [1.165, 1.54) is 19.2 Å². The number of benzene rings is 1. The van der Waals surface area contributed by atoms with Crippen molar-refractivity contribution in [1.82, 2.24) is 4.98 Å². The van der Waals surface area contributed by atoms with Crippen LogP contribution in [0.2, 0.25) is 0 Å². The molecule has 1 aromatic carbocycles. The molecule has 6 heteroatoms. The molecule has 0 amide bonds. The van der Waals surface area contributed by atoms with Gasteiger partial charge in [0, 0.05) is 23.9 Å². The van der Waals surface area contributed by atoms with Crippen molar-refractivity contribution in [2.75, 3.05) is 7.11 Å². The Hall–Kier alpha value is -2.63. The van der Waals surface area contributed by atoms with E-state index in [-0.39, 0.29) is 5.69 Å². The molecule has 0 aliphatic heterocycles. The van der Waals surface area contributed by atoms with Crippen molar-refractivity contribution < 1.29 is 14.5 Å². The number of nitrogens with one attached hydrogen (secondary N) is 1. The van der Waals surface area contributed by atoms with Gasteiger partial charge in [-0.3, -0.25) is 10.1 Å². The second kappa shape index (κ2) is 4.93. The number of nitro benzene ring substituents is 1. The van der Waals surface area contributed by atoms with Gasteiger partial charge in [-0.05, 0) is 30.2 Å². The van der Waals surface area contributed by atoms with E-state index in [9.17, 15) is 14.9 Å². The van der Waals surface area contributed by atoms with Crippen molar-refractivity contribution in [2.24, 2.45) is 0 Å². The second-order valence-electron chi connectivity index (χ2n) is 4.05. The van der Waals surface area contributed by atoms with Gasteiger partial charge >= 0.3 is 5.97 Å². The number of nitrogens with zero attached hydrogens (tertiary/aromatic N) is 1. The van der Waals surface area contributed by atoms with Crippen molar-refractivity contribution in [3.63, 3.8) is 0 Å². The van der Waals surface area contributed by atoms with E-state index in [2.05, 4.69) is 9.72 Å². The summed E-state index contributed by atoms with van der Waals surface area (Å²) in [5.41, 5.74) is 2.77. The van der Waals surface area contributed by atoms with Gasteiger partial charge in [0.15, 0.2) is 0 Å². The molecule has 19 heavy (non-hydrogen) atoms. The van der Waals surface area contributed by atoms with Crippen LogP contribution in [0.3, 0.4) is 0 Å². The van der Waals surface area contributed by atoms with Gasteiger partial charge in [-0.1, -0.05) is 0 Å². The maximum absolute atomic E-state index is 11.3. The number of rotatable bonds is 3. The molecule has 2 aromatic rings. The summed E-state index contributed by atoms with van der Waals surface area (Å²) in [6.45, 7) is 1.78. The maximum atomic E-state index is 11.3. The number of hydrogen-bond donors (Lipinski definition) is 1. The van der Waals surface area contributed by atoms with Crippen LogP contribution in [0.25, 0.3) is 11.1 Å². The molecule has 0 radical (unpaired) electrons. The lowest BCUT2D eigenvalue weighted by Gasteiger charge is -2.02. The molecule has 1 heterocycles. The summed E-state index contributed by atoms with van der Waals surface area (Å²) in [6.07, 6.45) is 1.67. The SMILES string of the molecule is COC(=O)c1cc(-c2ccc([N+](=O)[O-])cc2C)c[nH]1. The fraction of sp³-hybridized carbons (Fsp3) is 0.154. The Labute approximate surface area is 109 Å². The highest BCUT2D eigenvalue weighted by Gasteiger charge is 2.13. The fourth-order valence-corrected chi connectivity index (χ4v) is 1.86. The third kappa shape index (κ3) is 2.47. The van der Waals surface area contributed by atoms with Gasteiger partial charge in [0.2, 0.25) is 0 Å². The van der Waals surface area contributed by atoms with Crippen LogP contribution >= 0.6 is 0 Å². The summed E-state index contributed by atoms with van der Waals surface area (Å²) in [7, 11) is 1.31. The number of carbonyl (C=O) groups excluding carboxylic acids is 1. The van der Waals surface area contributed by atoms with Crippen LogP contribution < -0.4 is 0 Å². The average Bonchev–Trinajstić information content (AvgIpc) is 2.87. The second-order valence-corrected chi connectivity index (χ2v) is 4.05. The van der Waals surface area contributed by atoms with E-state index >= 15 is 0 Å². The fourth-order valence-electron chi connectivity index (χ4n) is 1.86. The van der Waals surface area contributed by atoms with Gasteiger partial charge in [0.05, 0.1) is 12.0 Å². The summed E-state index contributed by atoms with van der Waals surface area (Å²) in [4.78, 5) is 24.4. The molecule has 0 saturated heterocycles. The predicted molar refractivity (Wildman–Crippen MR) is 69.0 cm³/mol. The minimum atomic E-state index is -0.453. The summed E-state index contributed by atoms with van der Waals surface area (Å²) in [5, 5.41) is 10.7. The van der Waals surface area contributed by atoms with Gasteiger partial charge in [-0.15, -0.1) is 0 Å². The Morgan fingerprint density at radius 2 is 2.11 bits per heavy atom. The van der Waals surface area contributed by atoms with Crippen LogP contribution in [0.4, 0.5) is 5.69 Å². The van der Waals surface area contributed by atoms with Crippen LogP contribution in [0.15, 0.2) is 30.5 Å². The molecule has 0 aliphatic rings. The molecule has 0 atom stereocenters. The van der Waals surface area contributed by atoms with Crippen LogP contribution in [0.5, 0.6) is 0 Å². The lowest BCUT2D eigenvalue weighted by molar-refractivity contribution is -0.384. The standard InChI is InChI=1S/C13H12N2O4/c1-8-5-10(15(17)18)3-4-11(8)9-6-12(14-7-9)13(16)19-2/h3-7,14H,1-2H3. The van der Waals surface area contributed by atoms with Crippen molar-refractivity contribution in [3.05, 3.63) is 51.8 Å². The normalized spacial score (nSPS) is 10.2. The quantitative estimate of drug-likeness (QED) is 0.522. The Morgan fingerprint density at radius 3 is 2.68 bits per heavy atom. The van der Waals surface area contributed by atoms with Crippen LogP contribution in [-0.2, 0) is 4.74 Å². The highest BCUT2D eigenvalue weighted by atomic mass is 16.6. The molecular formula is C13H12N2O4. The summed E-state index contributed by atoms with van der Waals surface area (Å²) in [6, 6.07) is 6.25. The third-order valence-electron chi connectivity index (χ3n) is 2.82. The molecule has 0 bridgehead atoms. The van der Waals surface area contributed by atoms with Gasteiger partial charge in [-0.25, -0.2) is 4.79 Å². The highest BCUT2D eigenvalue weighted by Crippen LogP contribution is 2.27. The number of esters is 1. The minimum absolute atomic E-state index is 0.0463. The lowest BCUT2D eigenvalue weighted by Crippen LogP contribution is -2.00. The molecule has 0 fully saturated rings. The first kappa shape index (κ1) is 12.8. The predicted octanol–water partition coefficient (Wildman–Crippen LogP) is 2.68. The van der Waals surface area contributed by atoms with E-state index in [1.807, 2.05) is 0 Å². The molecule has 1 aromatic heterocycles. The first-order valence-corrected chi connectivity index (χ1v) is 5.55. The zero-order valence-corrected chi connectivity index (χ0v) is 10.5. The van der Waals surface area contributed by atoms with Gasteiger partial charge in [0.1, 0.15) is 5.69 Å². The Balaban J connectivity index is 2.39. The van der Waals surface area contributed by atoms with E-state index in [1.54, 1.807) is 25.3 Å². The number of aromatic nitrogens is 1. The van der Waals surface area contributed by atoms with Gasteiger partial charge in [0.25, 0.3) is 5.69 Å². The molecule has 98 valence electrons. The number of nitro groups is 1. The topological polar surface area (TPSA) is 85.2 Å². The number of hydrogen-bond acceptors (Lipinski definition) is 4. The molecule has 1 N–H and O–H groups in total. The van der Waals surface area contributed by atoms with Crippen molar-refractivity contribution in [2.45, 2.75) is 6.92 Å². The zero-order chi connectivity index (χ0) is 14.0. The summed E-state index contributed by atoms with van der Waals surface area (Å²) in [5.74, 6) is -0.453. The first-order chi connectivity index (χ1) is 9.02. The molecule has 0 unspecified atom stereocenters. The van der Waals surface area contributed by atoms with E-state index < -0.39 is 10.9 Å². The highest BCUT2D eigenvalue weighted by molar-refractivity contribution is 5.89. The molecule has 6 nitrogen and oxygen atoms in total. The van der Waals surface area contributed by atoms with Crippen LogP contribution in [0, 0.1) is 17.0 Å². The van der Waals surface area contributed by atoms with Crippen molar-refractivity contribution in [3.8, 4) is 11.1 Å². The van der Waals surface area contributed by atoms with Gasteiger partial charge < -0.3 is 9.72 Å². The number of carbonyl (C=O) groups is 1. The lowest BCUT2D eigenvalue weighted by atomic mass is 10.0. The molecular weight excluding hydrogens is 248 g/mol. The van der Waals surface area contributed by atoms with E-state index in [0.29, 0.717) is 5.69 Å². The molecule has 0 saturated carbocycles. The van der Waals surface area contributed by atoms with Crippen LogP contribution in [0.1, 0.15) is 16.1 Å². The van der Waals surface area contributed by atoms with Crippen molar-refractivity contribution >= 4 is 11.7 Å².